The molecule has 1 aromatic heterocycles. The van der Waals surface area contributed by atoms with Crippen molar-refractivity contribution in [2.24, 2.45) is 0 Å². The molecule has 0 saturated carbocycles. The summed E-state index contributed by atoms with van der Waals surface area (Å²) in [6, 6.07) is 12.4. The molecule has 21 heavy (non-hydrogen) atoms. The normalized spacial score (nSPS) is 10.6. The summed E-state index contributed by atoms with van der Waals surface area (Å²) in [5.41, 5.74) is 1.72. The van der Waals surface area contributed by atoms with Crippen LogP contribution in [0.15, 0.2) is 48.8 Å². The summed E-state index contributed by atoms with van der Waals surface area (Å²) in [5, 5.41) is 16.5. The van der Waals surface area contributed by atoms with E-state index < -0.39 is 11.6 Å². The monoisotopic (exact) mass is 284 g/mol. The van der Waals surface area contributed by atoms with Crippen molar-refractivity contribution in [3.8, 4) is 11.4 Å². The Hall–Kier alpha value is -2.89. The van der Waals surface area contributed by atoms with E-state index in [9.17, 15) is 9.50 Å². The van der Waals surface area contributed by atoms with Crippen LogP contribution in [-0.2, 0) is 0 Å². The lowest BCUT2D eigenvalue weighted by Gasteiger charge is -2.06. The van der Waals surface area contributed by atoms with Crippen molar-refractivity contribution in [1.29, 1.82) is 0 Å². The molecule has 3 aromatic rings. The van der Waals surface area contributed by atoms with Gasteiger partial charge >= 0.3 is 0 Å². The fourth-order valence-corrected chi connectivity index (χ4v) is 1.99. The molecule has 0 aliphatic rings. The number of para-hydroxylation sites is 1. The van der Waals surface area contributed by atoms with Crippen LogP contribution in [0.2, 0.25) is 0 Å². The smallest absolute Gasteiger partial charge is 0.247 e. The van der Waals surface area contributed by atoms with E-state index in [4.69, 9.17) is 0 Å². The number of halogens is 1. The van der Waals surface area contributed by atoms with Gasteiger partial charge in [0.2, 0.25) is 5.95 Å². The zero-order chi connectivity index (χ0) is 14.8. The molecule has 3 rings (SSSR count). The number of nitrogens with zero attached hydrogens (tertiary/aromatic N) is 3. The largest absolute Gasteiger partial charge is 0.505 e. The summed E-state index contributed by atoms with van der Waals surface area (Å²) in [4.78, 5) is 4.08. The van der Waals surface area contributed by atoms with Gasteiger partial charge in [0.15, 0.2) is 11.6 Å². The number of phenolic OH excluding ortho intramolecular Hbond substituents is 1. The van der Waals surface area contributed by atoms with E-state index >= 15 is 0 Å². The Kier molecular flexibility index (Phi) is 3.27. The van der Waals surface area contributed by atoms with Crippen molar-refractivity contribution in [2.45, 2.75) is 6.92 Å². The van der Waals surface area contributed by atoms with Gasteiger partial charge in [0.05, 0.1) is 11.4 Å². The third-order valence-electron chi connectivity index (χ3n) is 2.96. The second-order valence-electron chi connectivity index (χ2n) is 4.62. The summed E-state index contributed by atoms with van der Waals surface area (Å²) in [6.45, 7) is 1.76. The number of rotatable bonds is 3. The Morgan fingerprint density at radius 2 is 1.95 bits per heavy atom. The molecule has 5 nitrogen and oxygen atoms in total. The second-order valence-corrected chi connectivity index (χ2v) is 4.62. The lowest BCUT2D eigenvalue weighted by molar-refractivity contribution is 0.433. The molecule has 2 aromatic carbocycles. The van der Waals surface area contributed by atoms with Gasteiger partial charge in [-0.1, -0.05) is 18.2 Å². The number of nitrogens with one attached hydrogen (secondary N) is 1. The minimum absolute atomic E-state index is 0.137. The highest BCUT2D eigenvalue weighted by Crippen LogP contribution is 2.27. The van der Waals surface area contributed by atoms with Crippen molar-refractivity contribution < 1.29 is 9.50 Å². The van der Waals surface area contributed by atoms with Crippen molar-refractivity contribution in [3.63, 3.8) is 0 Å². The maximum atomic E-state index is 13.8. The molecule has 0 bridgehead atoms. The van der Waals surface area contributed by atoms with Crippen LogP contribution in [0.1, 0.15) is 5.56 Å². The fourth-order valence-electron chi connectivity index (χ4n) is 1.99. The first-order valence-electron chi connectivity index (χ1n) is 6.37. The molecule has 1 heterocycles. The molecule has 106 valence electrons. The van der Waals surface area contributed by atoms with Crippen LogP contribution in [-0.4, -0.2) is 19.9 Å². The van der Waals surface area contributed by atoms with Gasteiger partial charge in [-0.3, -0.25) is 0 Å². The predicted octanol–water partition coefficient (Wildman–Crippen LogP) is 3.16. The standard InChI is InChI=1S/C15H13FN4O/c1-10-7-12(14(16)13(21)8-10)18-15-17-9-20(19-15)11-5-3-2-4-6-11/h2-9,21H,1H3,(H,18,19). The predicted molar refractivity (Wildman–Crippen MR) is 77.4 cm³/mol. The van der Waals surface area contributed by atoms with Crippen LogP contribution in [0.3, 0.4) is 0 Å². The Labute approximate surface area is 120 Å². The summed E-state index contributed by atoms with van der Waals surface area (Å²) in [7, 11) is 0. The van der Waals surface area contributed by atoms with E-state index in [0.717, 1.165) is 11.3 Å². The molecule has 0 amide bonds. The van der Waals surface area contributed by atoms with E-state index in [1.807, 2.05) is 30.3 Å². The highest BCUT2D eigenvalue weighted by molar-refractivity contribution is 5.58. The highest BCUT2D eigenvalue weighted by Gasteiger charge is 2.11. The average Bonchev–Trinajstić information content (AvgIpc) is 2.94. The van der Waals surface area contributed by atoms with Crippen molar-refractivity contribution in [1.82, 2.24) is 14.8 Å². The molecule has 0 fully saturated rings. The molecular weight excluding hydrogens is 271 g/mol. The number of aryl methyl sites for hydroxylation is 1. The summed E-state index contributed by atoms with van der Waals surface area (Å²) in [5.74, 6) is -0.876. The molecule has 0 saturated heterocycles. The number of aromatic hydroxyl groups is 1. The first-order chi connectivity index (χ1) is 10.1. The van der Waals surface area contributed by atoms with Gasteiger partial charge in [0.25, 0.3) is 0 Å². The zero-order valence-corrected chi connectivity index (χ0v) is 11.3. The fraction of sp³-hybridized carbons (Fsp3) is 0.0667. The quantitative estimate of drug-likeness (QED) is 0.775. The number of hydrogen-bond donors (Lipinski definition) is 2. The van der Waals surface area contributed by atoms with Crippen LogP contribution in [0.25, 0.3) is 5.69 Å². The van der Waals surface area contributed by atoms with Gasteiger partial charge in [0.1, 0.15) is 6.33 Å². The SMILES string of the molecule is Cc1cc(O)c(F)c(Nc2ncn(-c3ccccc3)n2)c1. The third kappa shape index (κ3) is 2.69. The molecule has 0 spiro atoms. The molecule has 2 N–H and O–H groups in total. The van der Waals surface area contributed by atoms with E-state index in [0.29, 0.717) is 0 Å². The van der Waals surface area contributed by atoms with Crippen molar-refractivity contribution in [3.05, 3.63) is 60.2 Å². The molecule has 0 aliphatic carbocycles. The van der Waals surface area contributed by atoms with Gasteiger partial charge in [-0.2, -0.15) is 4.98 Å². The minimum Gasteiger partial charge on any atom is -0.505 e. The Morgan fingerprint density at radius 3 is 2.71 bits per heavy atom. The molecule has 6 heteroatoms. The first-order valence-corrected chi connectivity index (χ1v) is 6.37. The lowest BCUT2D eigenvalue weighted by atomic mass is 10.2. The number of benzene rings is 2. The Balaban J connectivity index is 1.89. The van der Waals surface area contributed by atoms with Gasteiger partial charge in [-0.05, 0) is 36.8 Å². The molecule has 0 unspecified atom stereocenters. The van der Waals surface area contributed by atoms with E-state index in [1.165, 1.54) is 12.4 Å². The average molecular weight is 284 g/mol. The Bertz CT molecular complexity index is 771. The second kappa shape index (κ2) is 5.24. The lowest BCUT2D eigenvalue weighted by Crippen LogP contribution is -1.99. The van der Waals surface area contributed by atoms with Gasteiger partial charge in [-0.15, -0.1) is 5.10 Å². The molecular formula is C15H13FN4O. The number of hydrogen-bond acceptors (Lipinski definition) is 4. The minimum atomic E-state index is -0.725. The van der Waals surface area contributed by atoms with Crippen LogP contribution < -0.4 is 5.32 Å². The van der Waals surface area contributed by atoms with E-state index in [1.54, 1.807) is 17.7 Å². The van der Waals surface area contributed by atoms with Crippen LogP contribution >= 0.6 is 0 Å². The zero-order valence-electron chi connectivity index (χ0n) is 11.3. The van der Waals surface area contributed by atoms with E-state index in [-0.39, 0.29) is 11.6 Å². The number of anilines is 2. The molecule has 0 aliphatic heterocycles. The number of phenols is 1. The third-order valence-corrected chi connectivity index (χ3v) is 2.96. The van der Waals surface area contributed by atoms with Gasteiger partial charge in [-0.25, -0.2) is 9.07 Å². The van der Waals surface area contributed by atoms with Crippen molar-refractivity contribution >= 4 is 11.6 Å². The summed E-state index contributed by atoms with van der Waals surface area (Å²) < 4.78 is 15.4. The van der Waals surface area contributed by atoms with Gasteiger partial charge < -0.3 is 10.4 Å². The highest BCUT2D eigenvalue weighted by atomic mass is 19.1. The number of aromatic nitrogens is 3. The van der Waals surface area contributed by atoms with Crippen molar-refractivity contribution in [2.75, 3.05) is 5.32 Å². The maximum Gasteiger partial charge on any atom is 0.247 e. The summed E-state index contributed by atoms with van der Waals surface area (Å²) >= 11 is 0. The summed E-state index contributed by atoms with van der Waals surface area (Å²) in [6.07, 6.45) is 1.53. The molecule has 0 radical (unpaired) electrons. The maximum absolute atomic E-state index is 13.8. The van der Waals surface area contributed by atoms with E-state index in [2.05, 4.69) is 15.4 Å². The van der Waals surface area contributed by atoms with Crippen LogP contribution in [0, 0.1) is 12.7 Å². The van der Waals surface area contributed by atoms with Crippen LogP contribution in [0.4, 0.5) is 16.0 Å². The molecule has 0 atom stereocenters. The first kappa shape index (κ1) is 13.1. The topological polar surface area (TPSA) is 63.0 Å². The van der Waals surface area contributed by atoms with Gasteiger partial charge in [0, 0.05) is 0 Å². The Morgan fingerprint density at radius 1 is 1.19 bits per heavy atom. The van der Waals surface area contributed by atoms with Crippen LogP contribution in [0.5, 0.6) is 5.75 Å².